The fourth-order valence-electron chi connectivity index (χ4n) is 9.01. The lowest BCUT2D eigenvalue weighted by atomic mass is 9.82. The number of aryl methyl sites for hydroxylation is 1. The topological polar surface area (TPSA) is 407 Å². The van der Waals surface area contributed by atoms with E-state index in [9.17, 15) is 64.6 Å². The van der Waals surface area contributed by atoms with Crippen molar-refractivity contribution >= 4 is 41.5 Å². The highest BCUT2D eigenvalue weighted by Gasteiger charge is 2.55. The molecular weight excluding hydrogens is 1070 g/mol. The number of benzene rings is 2. The van der Waals surface area contributed by atoms with Crippen LogP contribution in [0.5, 0.6) is 0 Å². The molecule has 3 aliphatic rings. The summed E-state index contributed by atoms with van der Waals surface area (Å²) in [6.45, 7) is 10.4. The number of nitro benzene ring substituents is 2. The number of non-ortho nitro benzene ring substituents is 2. The lowest BCUT2D eigenvalue weighted by Gasteiger charge is -2.50. The SMILES string of the molecule is CN(C(=O)OC(C)(C)C)[C@@H]1[C@@H](O)[C@@H](O[C@@H]2[C@@H](O)[C@H](O[C@H]3OC(CNCCCN)=CC[C@H]3NC(=O)CCc3ccc([N+](=O)[O-])cc3)[C@@H](NC(=O)OCc3ccc([N+](=O)[O-])cc3)C[C@H]2NC(=O)[C@@H](O)CNC(=O)OC(C)(C)C)OC[C@]1(C)O. The van der Waals surface area contributed by atoms with E-state index >= 15 is 0 Å². The number of nitro groups is 2. The van der Waals surface area contributed by atoms with Crippen molar-refractivity contribution in [1.29, 1.82) is 0 Å². The Kier molecular flexibility index (Phi) is 23.1. The van der Waals surface area contributed by atoms with Gasteiger partial charge in [0.1, 0.15) is 59.7 Å². The summed E-state index contributed by atoms with van der Waals surface area (Å²) in [5.41, 5.74) is 2.46. The van der Waals surface area contributed by atoms with E-state index in [2.05, 4.69) is 26.6 Å². The first-order valence-corrected chi connectivity index (χ1v) is 26.3. The molecule has 450 valence electrons. The van der Waals surface area contributed by atoms with E-state index in [-0.39, 0.29) is 37.2 Å². The predicted octanol–water partition coefficient (Wildman–Crippen LogP) is 1.39. The maximum absolute atomic E-state index is 13.9. The minimum absolute atomic E-state index is 0.0910. The number of carbonyl (C=O) groups excluding carboxylic acids is 5. The highest BCUT2D eigenvalue weighted by Crippen LogP contribution is 2.35. The number of aliphatic hydroxyl groups is 4. The second-order valence-electron chi connectivity index (χ2n) is 22.1. The highest BCUT2D eigenvalue weighted by molar-refractivity contribution is 5.82. The van der Waals surface area contributed by atoms with Crippen LogP contribution < -0.4 is 32.3 Å². The van der Waals surface area contributed by atoms with Gasteiger partial charge >= 0.3 is 18.3 Å². The molecule has 2 fully saturated rings. The summed E-state index contributed by atoms with van der Waals surface area (Å²) in [5.74, 6) is -1.27. The quantitative estimate of drug-likeness (QED) is 0.0325. The van der Waals surface area contributed by atoms with Gasteiger partial charge in [0, 0.05) is 37.7 Å². The maximum atomic E-state index is 13.9. The number of nitrogens with two attached hydrogens (primary N) is 1. The summed E-state index contributed by atoms with van der Waals surface area (Å²) in [6.07, 6.45) is -13.5. The van der Waals surface area contributed by atoms with Crippen molar-refractivity contribution in [3.63, 3.8) is 0 Å². The molecule has 1 aliphatic carbocycles. The van der Waals surface area contributed by atoms with Crippen LogP contribution in [-0.2, 0) is 55.8 Å². The van der Waals surface area contributed by atoms with E-state index in [0.29, 0.717) is 36.4 Å². The standard InChI is InChI=1S/C52H77N9O20/c1-50(2,3)80-47(67)55-26-37(62)44(66)57-35-24-36(58-48(68)75-27-30-12-17-32(18-13-30)61(73)74)42(39(64)41(35)79-46-40(65)43(52(7,70)28-76-46)59(8)49(69)81-51(4,5)6)78-45-34(20-19-33(77-45)25-54-23-9-22-53)56-38(63)21-14-29-10-15-31(16-11-29)60(71)72/h10-13,15-19,34-37,39-43,45-46,54,62,64-65,70H,9,14,20-28,53H2,1-8H3,(H,55,67)(H,56,63)(H,57,66)(H,58,68)/t34-,35-,36+,37+,39-,40-,41+,42-,43-,45-,46-,52+/m1/s1. The van der Waals surface area contributed by atoms with Gasteiger partial charge < -0.3 is 90.8 Å². The van der Waals surface area contributed by atoms with Crippen molar-refractivity contribution in [2.75, 3.05) is 39.8 Å². The minimum atomic E-state index is -2.01. The smallest absolute Gasteiger partial charge is 0.410 e. The van der Waals surface area contributed by atoms with Crippen LogP contribution in [0.25, 0.3) is 0 Å². The Morgan fingerprint density at radius 2 is 1.41 bits per heavy atom. The second-order valence-corrected chi connectivity index (χ2v) is 22.1. The molecule has 2 aliphatic heterocycles. The van der Waals surface area contributed by atoms with Crippen LogP contribution in [0.3, 0.4) is 0 Å². The number of likely N-dealkylation sites (N-methyl/N-ethyl adjacent to an activating group) is 1. The normalized spacial score (nSPS) is 26.1. The first-order valence-electron chi connectivity index (χ1n) is 26.3. The third-order valence-electron chi connectivity index (χ3n) is 12.9. The zero-order valence-corrected chi connectivity index (χ0v) is 46.6. The zero-order chi connectivity index (χ0) is 60.0. The van der Waals surface area contributed by atoms with Crippen molar-refractivity contribution in [3.05, 3.63) is 91.7 Å². The summed E-state index contributed by atoms with van der Waals surface area (Å²) in [5, 5.41) is 83.5. The molecule has 29 nitrogen and oxygen atoms in total. The lowest BCUT2D eigenvalue weighted by molar-refractivity contribution is -0.385. The molecule has 11 N–H and O–H groups in total. The molecule has 29 heteroatoms. The van der Waals surface area contributed by atoms with Gasteiger partial charge in [0.2, 0.25) is 12.2 Å². The number of alkyl carbamates (subject to hydrolysis) is 2. The van der Waals surface area contributed by atoms with Crippen molar-refractivity contribution in [1.82, 2.24) is 31.5 Å². The van der Waals surface area contributed by atoms with Crippen molar-refractivity contribution in [3.8, 4) is 0 Å². The van der Waals surface area contributed by atoms with Gasteiger partial charge in [-0.15, -0.1) is 0 Å². The van der Waals surface area contributed by atoms with E-state index in [1.807, 2.05) is 0 Å². The molecule has 0 bridgehead atoms. The fourth-order valence-corrected chi connectivity index (χ4v) is 9.01. The Hall–Kier alpha value is -6.83. The number of hydrogen-bond donors (Lipinski definition) is 10. The van der Waals surface area contributed by atoms with Crippen molar-refractivity contribution < 1.29 is 87.4 Å². The highest BCUT2D eigenvalue weighted by atomic mass is 16.7. The molecule has 0 unspecified atom stereocenters. The van der Waals surface area contributed by atoms with Gasteiger partial charge in [0.15, 0.2) is 6.29 Å². The average molecular weight is 1150 g/mol. The van der Waals surface area contributed by atoms with Gasteiger partial charge in [-0.2, -0.15) is 0 Å². The van der Waals surface area contributed by atoms with E-state index in [0.717, 1.165) is 4.90 Å². The van der Waals surface area contributed by atoms with Gasteiger partial charge in [-0.3, -0.25) is 29.8 Å². The third kappa shape index (κ3) is 19.7. The van der Waals surface area contributed by atoms with E-state index in [4.69, 9.17) is 38.9 Å². The van der Waals surface area contributed by atoms with E-state index < -0.39 is 150 Å². The van der Waals surface area contributed by atoms with Gasteiger partial charge in [-0.05, 0) is 117 Å². The Morgan fingerprint density at radius 1 is 0.827 bits per heavy atom. The Balaban J connectivity index is 1.52. The van der Waals surface area contributed by atoms with E-state index in [1.54, 1.807) is 47.6 Å². The van der Waals surface area contributed by atoms with Crippen LogP contribution in [0, 0.1) is 20.2 Å². The molecule has 12 atom stereocenters. The first-order chi connectivity index (χ1) is 37.9. The van der Waals surface area contributed by atoms with Crippen LogP contribution in [0.15, 0.2) is 60.4 Å². The second kappa shape index (κ2) is 28.7. The Labute approximate surface area is 467 Å². The zero-order valence-electron chi connectivity index (χ0n) is 46.6. The van der Waals surface area contributed by atoms with Gasteiger partial charge in [0.05, 0.1) is 53.7 Å². The number of carbonyl (C=O) groups is 5. The molecule has 81 heavy (non-hydrogen) atoms. The summed E-state index contributed by atoms with van der Waals surface area (Å²) >= 11 is 0. The number of hydrogen-bond acceptors (Lipinski definition) is 22. The summed E-state index contributed by atoms with van der Waals surface area (Å²) in [4.78, 5) is 89.7. The maximum Gasteiger partial charge on any atom is 0.410 e. The number of nitrogens with one attached hydrogen (secondary N) is 5. The fraction of sp³-hybridized carbons (Fsp3) is 0.635. The van der Waals surface area contributed by atoms with Gasteiger partial charge in [-0.1, -0.05) is 12.1 Å². The number of amides is 5. The Morgan fingerprint density at radius 3 is 1.99 bits per heavy atom. The molecule has 0 spiro atoms. The molecule has 2 heterocycles. The largest absolute Gasteiger partial charge is 0.466 e. The van der Waals surface area contributed by atoms with Crippen LogP contribution in [-0.4, -0.2) is 189 Å². The van der Waals surface area contributed by atoms with Gasteiger partial charge in [-0.25, -0.2) is 14.4 Å². The summed E-state index contributed by atoms with van der Waals surface area (Å²) in [7, 11) is 1.27. The van der Waals surface area contributed by atoms with Crippen LogP contribution in [0.2, 0.25) is 0 Å². The van der Waals surface area contributed by atoms with Crippen LogP contribution >= 0.6 is 0 Å². The number of aliphatic hydroxyl groups excluding tert-OH is 3. The number of ether oxygens (including phenoxy) is 7. The first kappa shape index (κ1) is 65.0. The van der Waals surface area contributed by atoms with Gasteiger partial charge in [0.25, 0.3) is 17.3 Å². The monoisotopic (exact) mass is 1150 g/mol. The molecule has 1 saturated carbocycles. The number of rotatable bonds is 23. The summed E-state index contributed by atoms with van der Waals surface area (Å²) in [6, 6.07) is 5.46. The van der Waals surface area contributed by atoms with Crippen LogP contribution in [0.1, 0.15) is 85.3 Å². The minimum Gasteiger partial charge on any atom is -0.466 e. The molecular formula is C52H77N9O20. The number of nitrogens with zero attached hydrogens (tertiary/aromatic N) is 3. The lowest BCUT2D eigenvalue weighted by Crippen LogP contribution is -2.71. The third-order valence-corrected chi connectivity index (χ3v) is 12.9. The van der Waals surface area contributed by atoms with Crippen molar-refractivity contribution in [2.24, 2.45) is 5.73 Å². The molecule has 2 aromatic carbocycles. The molecule has 5 amide bonds. The average Bonchev–Trinajstić information content (AvgIpc) is 3.41. The molecule has 1 saturated heterocycles. The predicted molar refractivity (Wildman–Crippen MR) is 284 cm³/mol. The Bertz CT molecular complexity index is 2510. The van der Waals surface area contributed by atoms with Crippen LogP contribution in [0.4, 0.5) is 25.8 Å². The summed E-state index contributed by atoms with van der Waals surface area (Å²) < 4.78 is 41.6. The molecule has 0 aromatic heterocycles. The van der Waals surface area contributed by atoms with Crippen molar-refractivity contribution in [2.45, 2.75) is 171 Å². The van der Waals surface area contributed by atoms with E-state index in [1.165, 1.54) is 62.5 Å². The molecule has 5 rings (SSSR count). The molecule has 0 radical (unpaired) electrons. The molecule has 2 aromatic rings.